The van der Waals surface area contributed by atoms with Gasteiger partial charge in [-0.25, -0.2) is 0 Å². The van der Waals surface area contributed by atoms with Crippen LogP contribution in [-0.2, 0) is 4.79 Å². The van der Waals surface area contributed by atoms with Gasteiger partial charge in [0.25, 0.3) is 0 Å². The van der Waals surface area contributed by atoms with Gasteiger partial charge < -0.3 is 5.32 Å². The quantitative estimate of drug-likeness (QED) is 0.804. The summed E-state index contributed by atoms with van der Waals surface area (Å²) in [5, 5.41) is 2.95. The lowest BCUT2D eigenvalue weighted by Crippen LogP contribution is -2.26. The molecule has 0 aromatic carbocycles. The van der Waals surface area contributed by atoms with E-state index in [1.165, 1.54) is 0 Å². The first kappa shape index (κ1) is 11.7. The van der Waals surface area contributed by atoms with Crippen molar-refractivity contribution in [3.8, 4) is 0 Å². The van der Waals surface area contributed by atoms with Crippen molar-refractivity contribution >= 4 is 5.91 Å². The Bertz CT molecular complexity index is 298. The van der Waals surface area contributed by atoms with Crippen molar-refractivity contribution < 1.29 is 4.79 Å². The number of hydrogen-bond donors (Lipinski definition) is 1. The molecule has 1 unspecified atom stereocenters. The van der Waals surface area contributed by atoms with Crippen LogP contribution in [0, 0.1) is 0 Å². The van der Waals surface area contributed by atoms with Gasteiger partial charge in [0.1, 0.15) is 0 Å². The fourth-order valence-corrected chi connectivity index (χ4v) is 1.37. The van der Waals surface area contributed by atoms with E-state index in [0.29, 0.717) is 6.42 Å². The summed E-state index contributed by atoms with van der Waals surface area (Å²) in [6, 6.07) is 3.89. The molecule has 0 radical (unpaired) electrons. The second-order valence-electron chi connectivity index (χ2n) is 3.68. The van der Waals surface area contributed by atoms with Gasteiger partial charge in [-0.15, -0.1) is 0 Å². The van der Waals surface area contributed by atoms with E-state index < -0.39 is 0 Å². The number of rotatable bonds is 5. The Balaban J connectivity index is 2.42. The van der Waals surface area contributed by atoms with E-state index in [1.54, 1.807) is 12.4 Å². The van der Waals surface area contributed by atoms with Crippen LogP contribution in [0.5, 0.6) is 0 Å². The van der Waals surface area contributed by atoms with Gasteiger partial charge in [0.2, 0.25) is 5.91 Å². The Morgan fingerprint density at radius 3 is 3.00 bits per heavy atom. The molecule has 3 heteroatoms. The normalized spacial score (nSPS) is 12.1. The molecular weight excluding hydrogens is 188 g/mol. The number of pyridine rings is 1. The highest BCUT2D eigenvalue weighted by atomic mass is 16.1. The molecule has 3 nitrogen and oxygen atoms in total. The van der Waals surface area contributed by atoms with Crippen LogP contribution < -0.4 is 5.32 Å². The minimum Gasteiger partial charge on any atom is -0.350 e. The van der Waals surface area contributed by atoms with Crippen LogP contribution in [0.25, 0.3) is 0 Å². The van der Waals surface area contributed by atoms with Gasteiger partial charge in [0.15, 0.2) is 0 Å². The van der Waals surface area contributed by atoms with Crippen molar-refractivity contribution in [2.24, 2.45) is 0 Å². The summed E-state index contributed by atoms with van der Waals surface area (Å²) < 4.78 is 0. The highest BCUT2D eigenvalue weighted by molar-refractivity contribution is 5.76. The van der Waals surface area contributed by atoms with E-state index in [9.17, 15) is 4.79 Å². The molecule has 1 aromatic heterocycles. The maximum Gasteiger partial charge on any atom is 0.220 e. The molecule has 0 spiro atoms. The lowest BCUT2D eigenvalue weighted by Gasteiger charge is -2.13. The van der Waals surface area contributed by atoms with Crippen molar-refractivity contribution in [1.29, 1.82) is 0 Å². The highest BCUT2D eigenvalue weighted by Crippen LogP contribution is 2.10. The summed E-state index contributed by atoms with van der Waals surface area (Å²) in [4.78, 5) is 15.5. The van der Waals surface area contributed by atoms with Crippen LogP contribution in [-0.4, -0.2) is 10.9 Å². The fraction of sp³-hybridized carbons (Fsp3) is 0.500. The Labute approximate surface area is 90.9 Å². The maximum atomic E-state index is 11.5. The second kappa shape index (κ2) is 6.17. The number of hydrogen-bond acceptors (Lipinski definition) is 2. The van der Waals surface area contributed by atoms with Crippen LogP contribution in [0.1, 0.15) is 44.7 Å². The van der Waals surface area contributed by atoms with Gasteiger partial charge in [-0.3, -0.25) is 9.78 Å². The molecule has 0 aliphatic carbocycles. The minimum absolute atomic E-state index is 0.0445. The summed E-state index contributed by atoms with van der Waals surface area (Å²) in [5.74, 6) is 0.119. The summed E-state index contributed by atoms with van der Waals surface area (Å²) in [7, 11) is 0. The molecule has 0 saturated heterocycles. The monoisotopic (exact) mass is 206 g/mol. The summed E-state index contributed by atoms with van der Waals surface area (Å²) in [5.41, 5.74) is 1.04. The summed E-state index contributed by atoms with van der Waals surface area (Å²) >= 11 is 0. The number of carbonyl (C=O) groups excluding carboxylic acids is 1. The third kappa shape index (κ3) is 4.11. The number of nitrogens with zero attached hydrogens (tertiary/aromatic N) is 1. The van der Waals surface area contributed by atoms with Crippen LogP contribution in [0.3, 0.4) is 0 Å². The lowest BCUT2D eigenvalue weighted by atomic mass is 10.1. The van der Waals surface area contributed by atoms with E-state index in [2.05, 4.69) is 17.2 Å². The lowest BCUT2D eigenvalue weighted by molar-refractivity contribution is -0.121. The van der Waals surface area contributed by atoms with Crippen molar-refractivity contribution in [3.05, 3.63) is 30.1 Å². The number of carbonyl (C=O) groups is 1. The zero-order valence-electron chi connectivity index (χ0n) is 9.36. The van der Waals surface area contributed by atoms with Gasteiger partial charge in [-0.2, -0.15) is 0 Å². The van der Waals surface area contributed by atoms with E-state index in [0.717, 1.165) is 18.4 Å². The molecule has 1 amide bonds. The number of unbranched alkanes of at least 4 members (excludes halogenated alkanes) is 1. The molecule has 1 rings (SSSR count). The molecule has 82 valence electrons. The number of amides is 1. The van der Waals surface area contributed by atoms with Gasteiger partial charge in [0.05, 0.1) is 6.04 Å². The van der Waals surface area contributed by atoms with E-state index in [-0.39, 0.29) is 11.9 Å². The Morgan fingerprint density at radius 1 is 1.60 bits per heavy atom. The Kier molecular flexibility index (Phi) is 4.81. The smallest absolute Gasteiger partial charge is 0.220 e. The first-order chi connectivity index (χ1) is 7.24. The Morgan fingerprint density at radius 2 is 2.40 bits per heavy atom. The first-order valence-electron chi connectivity index (χ1n) is 5.43. The largest absolute Gasteiger partial charge is 0.350 e. The molecule has 1 atom stereocenters. The Hall–Kier alpha value is -1.38. The maximum absolute atomic E-state index is 11.5. The third-order valence-corrected chi connectivity index (χ3v) is 2.32. The predicted molar refractivity (Wildman–Crippen MR) is 60.3 cm³/mol. The molecule has 0 bridgehead atoms. The molecule has 1 aromatic rings. The molecule has 0 aliphatic rings. The van der Waals surface area contributed by atoms with Crippen molar-refractivity contribution in [2.75, 3.05) is 0 Å². The second-order valence-corrected chi connectivity index (χ2v) is 3.68. The fourth-order valence-electron chi connectivity index (χ4n) is 1.37. The summed E-state index contributed by atoms with van der Waals surface area (Å²) in [6.07, 6.45) is 6.13. The van der Waals surface area contributed by atoms with E-state index in [4.69, 9.17) is 0 Å². The average molecular weight is 206 g/mol. The molecule has 0 saturated carbocycles. The van der Waals surface area contributed by atoms with Crippen LogP contribution in [0.4, 0.5) is 0 Å². The van der Waals surface area contributed by atoms with Gasteiger partial charge in [0, 0.05) is 18.8 Å². The van der Waals surface area contributed by atoms with Crippen LogP contribution in [0.2, 0.25) is 0 Å². The molecule has 15 heavy (non-hydrogen) atoms. The number of nitrogens with one attached hydrogen (secondary N) is 1. The molecular formula is C12H18N2O. The molecule has 1 heterocycles. The summed E-state index contributed by atoms with van der Waals surface area (Å²) in [6.45, 7) is 4.05. The zero-order chi connectivity index (χ0) is 11.1. The molecule has 1 N–H and O–H groups in total. The van der Waals surface area contributed by atoms with Crippen molar-refractivity contribution in [3.63, 3.8) is 0 Å². The van der Waals surface area contributed by atoms with E-state index >= 15 is 0 Å². The molecule has 0 aliphatic heterocycles. The zero-order valence-corrected chi connectivity index (χ0v) is 9.36. The highest BCUT2D eigenvalue weighted by Gasteiger charge is 2.08. The van der Waals surface area contributed by atoms with Crippen LogP contribution >= 0.6 is 0 Å². The number of aromatic nitrogens is 1. The average Bonchev–Trinajstić information content (AvgIpc) is 2.27. The third-order valence-electron chi connectivity index (χ3n) is 2.32. The van der Waals surface area contributed by atoms with Crippen molar-refractivity contribution in [2.45, 2.75) is 39.2 Å². The van der Waals surface area contributed by atoms with Crippen LogP contribution in [0.15, 0.2) is 24.5 Å². The first-order valence-corrected chi connectivity index (χ1v) is 5.43. The topological polar surface area (TPSA) is 42.0 Å². The van der Waals surface area contributed by atoms with E-state index in [1.807, 2.05) is 19.1 Å². The van der Waals surface area contributed by atoms with Gasteiger partial charge in [-0.1, -0.05) is 19.4 Å². The predicted octanol–water partition coefficient (Wildman–Crippen LogP) is 2.45. The van der Waals surface area contributed by atoms with Gasteiger partial charge >= 0.3 is 0 Å². The van der Waals surface area contributed by atoms with Gasteiger partial charge in [-0.05, 0) is 25.0 Å². The molecule has 0 fully saturated rings. The SMILES string of the molecule is CCCCC(=O)NC(C)c1cccnc1. The standard InChI is InChI=1S/C12H18N2O/c1-3-4-7-12(15)14-10(2)11-6-5-8-13-9-11/h5-6,8-10H,3-4,7H2,1-2H3,(H,14,15). The minimum atomic E-state index is 0.0445. The van der Waals surface area contributed by atoms with Crippen molar-refractivity contribution in [1.82, 2.24) is 10.3 Å².